The molecule has 3 N–H and O–H groups in total. The van der Waals surface area contributed by atoms with Crippen LogP contribution < -0.4 is 20.7 Å². The molecule has 3 aromatic rings. The van der Waals surface area contributed by atoms with Crippen LogP contribution in [-0.4, -0.2) is 40.2 Å². The fourth-order valence-electron chi connectivity index (χ4n) is 3.59. The van der Waals surface area contributed by atoms with Crippen LogP contribution in [0.25, 0.3) is 0 Å². The fraction of sp³-hybridized carbons (Fsp3) is 0.515. The molecule has 1 fully saturated rings. The number of nitrogens with zero attached hydrogens (tertiary/aromatic N) is 3. The minimum atomic E-state index is -4.55. The quantitative estimate of drug-likeness (QED) is 0.177. The van der Waals surface area contributed by atoms with Crippen molar-refractivity contribution in [3.05, 3.63) is 64.7 Å². The summed E-state index contributed by atoms with van der Waals surface area (Å²) in [4.78, 5) is 24.6. The maximum Gasteiger partial charge on any atom is 0.422 e. The zero-order chi connectivity index (χ0) is 34.5. The molecule has 4 rings (SSSR count). The predicted octanol–water partition coefficient (Wildman–Crippen LogP) is 9.95. The molecule has 1 aliphatic rings. The predicted molar refractivity (Wildman–Crippen MR) is 180 cm³/mol. The Kier molecular flexibility index (Phi) is 20.2. The number of aromatic nitrogens is 3. The molecule has 12 heteroatoms. The number of anilines is 3. The summed E-state index contributed by atoms with van der Waals surface area (Å²) in [5.74, 6) is -0.137. The number of nitrogens with one attached hydrogen (secondary N) is 3. The first-order valence-corrected chi connectivity index (χ1v) is 16.2. The lowest BCUT2D eigenvalue weighted by molar-refractivity contribution is -0.154. The molecule has 8 nitrogen and oxygen atoms in total. The number of benzene rings is 2. The number of unbranched alkanes of at least 4 members (excludes halogenated alkanes) is 1. The molecular weight excluding hydrogens is 605 g/mol. The van der Waals surface area contributed by atoms with Gasteiger partial charge in [-0.2, -0.15) is 28.1 Å². The van der Waals surface area contributed by atoms with Gasteiger partial charge in [-0.15, -0.1) is 0 Å². The first-order valence-electron chi connectivity index (χ1n) is 15.8. The van der Waals surface area contributed by atoms with Gasteiger partial charge in [0.05, 0.1) is 5.54 Å². The van der Waals surface area contributed by atoms with Crippen molar-refractivity contribution in [3.63, 3.8) is 0 Å². The Labute approximate surface area is 272 Å². The lowest BCUT2D eigenvalue weighted by Gasteiger charge is -2.19. The highest BCUT2D eigenvalue weighted by atomic mass is 35.5. The van der Waals surface area contributed by atoms with Crippen molar-refractivity contribution in [1.29, 1.82) is 0 Å². The second-order valence-electron chi connectivity index (χ2n) is 8.69. The fourth-order valence-corrected chi connectivity index (χ4v) is 3.71. The van der Waals surface area contributed by atoms with Crippen LogP contribution in [-0.2, 0) is 5.54 Å². The summed E-state index contributed by atoms with van der Waals surface area (Å²) in [6, 6.07) is 13.4. The Hall–Kier alpha value is -3.60. The van der Waals surface area contributed by atoms with Gasteiger partial charge in [0, 0.05) is 22.8 Å². The lowest BCUT2D eigenvalue weighted by Crippen LogP contribution is -2.24. The van der Waals surface area contributed by atoms with E-state index in [4.69, 9.17) is 16.3 Å². The monoisotopic (exact) mass is 654 g/mol. The van der Waals surface area contributed by atoms with Crippen molar-refractivity contribution in [3.8, 4) is 6.01 Å². The van der Waals surface area contributed by atoms with E-state index in [-0.39, 0.29) is 17.8 Å². The number of amides is 1. The molecular formula is C33H50ClF3N6O2. The lowest BCUT2D eigenvalue weighted by atomic mass is 10.1. The maximum atomic E-state index is 12.8. The third-order valence-corrected chi connectivity index (χ3v) is 5.95. The number of hydrogen-bond donors (Lipinski definition) is 3. The van der Waals surface area contributed by atoms with Gasteiger partial charge >= 0.3 is 12.2 Å². The molecule has 0 spiro atoms. The molecule has 252 valence electrons. The van der Waals surface area contributed by atoms with Crippen molar-refractivity contribution < 1.29 is 22.7 Å². The highest BCUT2D eigenvalue weighted by Crippen LogP contribution is 2.48. The number of alkyl halides is 3. The van der Waals surface area contributed by atoms with Gasteiger partial charge in [0.1, 0.15) is 0 Å². The van der Waals surface area contributed by atoms with E-state index in [1.807, 2.05) is 74.4 Å². The number of carbonyl (C=O) groups is 1. The zero-order valence-corrected chi connectivity index (χ0v) is 28.8. The van der Waals surface area contributed by atoms with Crippen LogP contribution >= 0.6 is 11.6 Å². The molecule has 0 bridgehead atoms. The number of ether oxygens (including phenoxy) is 1. The van der Waals surface area contributed by atoms with Crippen molar-refractivity contribution >= 4 is 35.1 Å². The van der Waals surface area contributed by atoms with Crippen molar-refractivity contribution in [1.82, 2.24) is 20.3 Å². The molecule has 0 atom stereocenters. The molecule has 1 amide bonds. The van der Waals surface area contributed by atoms with Crippen LogP contribution in [0.2, 0.25) is 5.02 Å². The highest BCUT2D eigenvalue weighted by molar-refractivity contribution is 6.30. The van der Waals surface area contributed by atoms with Gasteiger partial charge in [0.15, 0.2) is 6.61 Å². The van der Waals surface area contributed by atoms with E-state index in [0.717, 1.165) is 31.2 Å². The number of carbonyl (C=O) groups excluding carboxylic acids is 1. The summed E-state index contributed by atoms with van der Waals surface area (Å²) in [6.45, 7) is 17.1. The van der Waals surface area contributed by atoms with Gasteiger partial charge in [-0.05, 0) is 61.2 Å². The van der Waals surface area contributed by atoms with Crippen LogP contribution in [0.15, 0.2) is 48.5 Å². The van der Waals surface area contributed by atoms with Gasteiger partial charge in [0.25, 0.3) is 5.91 Å². The Morgan fingerprint density at radius 3 is 1.93 bits per heavy atom. The van der Waals surface area contributed by atoms with Crippen LogP contribution in [0, 0.1) is 0 Å². The van der Waals surface area contributed by atoms with Crippen LogP contribution in [0.5, 0.6) is 6.01 Å². The minimum Gasteiger partial charge on any atom is -0.454 e. The van der Waals surface area contributed by atoms with Gasteiger partial charge in [0.2, 0.25) is 11.9 Å². The van der Waals surface area contributed by atoms with Crippen LogP contribution in [0.1, 0.15) is 104 Å². The molecule has 0 saturated heterocycles. The molecule has 0 unspecified atom stereocenters. The van der Waals surface area contributed by atoms with E-state index in [2.05, 4.69) is 30.9 Å². The standard InChI is InChI=1S/C25H26ClF3N6O2.4C2H6/c1-2-3-14-30-20(36)16-4-10-19(11-5-16)31-21-32-22(34-23(33-21)37-15-25(27,28)29)35-24(12-13-24)17-6-8-18(26)9-7-17;4*1-2/h4-11H,2-3,12-15H2,1H3,(H,30,36)(H2,31,32,33,34,35);4*1-2H3. The van der Waals surface area contributed by atoms with E-state index in [1.54, 1.807) is 36.4 Å². The van der Waals surface area contributed by atoms with Crippen LogP contribution in [0.4, 0.5) is 30.8 Å². The van der Waals surface area contributed by atoms with E-state index in [9.17, 15) is 18.0 Å². The SMILES string of the molecule is CC.CC.CC.CC.CCCCNC(=O)c1ccc(Nc2nc(NC3(c4ccc(Cl)cc4)CC3)nc(OCC(F)(F)F)n2)cc1. The molecule has 45 heavy (non-hydrogen) atoms. The summed E-state index contributed by atoms with van der Waals surface area (Å²) in [7, 11) is 0. The molecule has 1 aliphatic carbocycles. The Morgan fingerprint density at radius 2 is 1.42 bits per heavy atom. The number of hydrogen-bond acceptors (Lipinski definition) is 7. The highest BCUT2D eigenvalue weighted by Gasteiger charge is 2.45. The summed E-state index contributed by atoms with van der Waals surface area (Å²) in [5.41, 5.74) is 1.50. The van der Waals surface area contributed by atoms with E-state index in [1.165, 1.54) is 0 Å². The zero-order valence-electron chi connectivity index (χ0n) is 28.0. The Balaban J connectivity index is 0.00000224. The summed E-state index contributed by atoms with van der Waals surface area (Å²) < 4.78 is 43.1. The molecule has 2 aromatic carbocycles. The van der Waals surface area contributed by atoms with Gasteiger partial charge in [-0.3, -0.25) is 4.79 Å². The third kappa shape index (κ3) is 14.8. The number of halogens is 4. The normalized spacial score (nSPS) is 12.1. The Morgan fingerprint density at radius 1 is 0.867 bits per heavy atom. The summed E-state index contributed by atoms with van der Waals surface area (Å²) in [5, 5.41) is 9.59. The summed E-state index contributed by atoms with van der Waals surface area (Å²) >= 11 is 6.00. The van der Waals surface area contributed by atoms with Gasteiger partial charge in [-0.25, -0.2) is 0 Å². The first-order chi connectivity index (χ1) is 21.7. The van der Waals surface area contributed by atoms with Crippen molar-refractivity contribution in [2.24, 2.45) is 0 Å². The molecule has 0 aliphatic heterocycles. The van der Waals surface area contributed by atoms with Crippen molar-refractivity contribution in [2.45, 2.75) is 99.7 Å². The second kappa shape index (κ2) is 22.0. The largest absolute Gasteiger partial charge is 0.454 e. The van der Waals surface area contributed by atoms with Crippen molar-refractivity contribution in [2.75, 3.05) is 23.8 Å². The van der Waals surface area contributed by atoms with E-state index in [0.29, 0.717) is 22.8 Å². The second-order valence-corrected chi connectivity index (χ2v) is 9.13. The molecule has 0 radical (unpaired) electrons. The minimum absolute atomic E-state index is 0.0123. The molecule has 1 aromatic heterocycles. The first kappa shape index (κ1) is 41.4. The third-order valence-electron chi connectivity index (χ3n) is 5.70. The average Bonchev–Trinajstić information content (AvgIpc) is 3.84. The molecule has 1 saturated carbocycles. The van der Waals surface area contributed by atoms with Gasteiger partial charge in [-0.1, -0.05) is 92.5 Å². The smallest absolute Gasteiger partial charge is 0.422 e. The Bertz CT molecular complexity index is 1220. The maximum absolute atomic E-state index is 12.8. The average molecular weight is 655 g/mol. The van der Waals surface area contributed by atoms with E-state index >= 15 is 0 Å². The number of rotatable bonds is 11. The summed E-state index contributed by atoms with van der Waals surface area (Å²) in [6.07, 6.45) is -1.13. The molecule has 1 heterocycles. The van der Waals surface area contributed by atoms with E-state index < -0.39 is 24.3 Å². The topological polar surface area (TPSA) is 101 Å². The van der Waals surface area contributed by atoms with Gasteiger partial charge < -0.3 is 20.7 Å². The van der Waals surface area contributed by atoms with Crippen LogP contribution in [0.3, 0.4) is 0 Å².